The summed E-state index contributed by atoms with van der Waals surface area (Å²) in [5.74, 6) is -1.07. The van der Waals surface area contributed by atoms with Crippen LogP contribution >= 0.6 is 0 Å². The van der Waals surface area contributed by atoms with Crippen molar-refractivity contribution in [2.75, 3.05) is 33.8 Å². The summed E-state index contributed by atoms with van der Waals surface area (Å²) in [5, 5.41) is 26.1. The Morgan fingerprint density at radius 2 is 1.49 bits per heavy atom. The van der Waals surface area contributed by atoms with E-state index < -0.39 is 53.1 Å². The van der Waals surface area contributed by atoms with Crippen LogP contribution in [0.25, 0.3) is 0 Å². The van der Waals surface area contributed by atoms with Crippen LogP contribution in [0.4, 0.5) is 0 Å². The third kappa shape index (κ3) is 6.32. The molecule has 4 aliphatic rings. The first kappa shape index (κ1) is 36.1. The number of nitrogens with one attached hydrogen (secondary N) is 2. The van der Waals surface area contributed by atoms with Gasteiger partial charge in [0.15, 0.2) is 29.8 Å². The molecule has 0 saturated carbocycles. The van der Waals surface area contributed by atoms with Crippen molar-refractivity contribution in [3.8, 4) is 11.5 Å². The van der Waals surface area contributed by atoms with Crippen molar-refractivity contribution in [1.29, 1.82) is 0 Å². The molecule has 3 aromatic rings. The zero-order chi connectivity index (χ0) is 37.3. The number of rotatable bonds is 13. The van der Waals surface area contributed by atoms with Crippen molar-refractivity contribution < 1.29 is 48.3 Å². The van der Waals surface area contributed by atoms with Crippen LogP contribution in [0.2, 0.25) is 0 Å². The largest absolute Gasteiger partial charge is 0.493 e. The molecule has 3 aromatic carbocycles. The van der Waals surface area contributed by atoms with Gasteiger partial charge in [-0.05, 0) is 55.3 Å². The molecule has 53 heavy (non-hydrogen) atoms. The molecule has 278 valence electrons. The van der Waals surface area contributed by atoms with Crippen LogP contribution in [-0.2, 0) is 40.5 Å². The van der Waals surface area contributed by atoms with Crippen LogP contribution in [0.3, 0.4) is 0 Å². The lowest BCUT2D eigenvalue weighted by Gasteiger charge is -2.62. The van der Waals surface area contributed by atoms with E-state index in [1.807, 2.05) is 19.2 Å². The van der Waals surface area contributed by atoms with E-state index >= 15 is 0 Å². The summed E-state index contributed by atoms with van der Waals surface area (Å²) in [7, 11) is 3.55. The minimum Gasteiger partial charge on any atom is -0.493 e. The molecule has 1 saturated heterocycles. The highest BCUT2D eigenvalue weighted by Gasteiger charge is 2.74. The number of amides is 2. The normalized spacial score (nSPS) is 24.7. The Hall–Kier alpha value is -5.24. The molecule has 2 bridgehead atoms. The number of carbonyl (C=O) groups is 4. The minimum atomic E-state index is -1.38. The van der Waals surface area contributed by atoms with Crippen molar-refractivity contribution >= 4 is 23.8 Å². The van der Waals surface area contributed by atoms with E-state index in [0.717, 1.165) is 11.1 Å². The number of hydrogen-bond acceptors (Lipinski definition) is 11. The van der Waals surface area contributed by atoms with E-state index in [2.05, 4.69) is 15.5 Å². The number of benzene rings is 3. The van der Waals surface area contributed by atoms with Gasteiger partial charge < -0.3 is 39.8 Å². The first-order chi connectivity index (χ1) is 25.6. The molecule has 4 N–H and O–H groups in total. The quantitative estimate of drug-likeness (QED) is 0.191. The Labute approximate surface area is 306 Å². The molecular formula is C40H43N3O10. The average molecular weight is 726 g/mol. The van der Waals surface area contributed by atoms with Crippen molar-refractivity contribution in [3.63, 3.8) is 0 Å². The second-order valence-corrected chi connectivity index (χ2v) is 13.9. The number of likely N-dealkylation sites (tertiary alicyclic amines) is 1. The second kappa shape index (κ2) is 14.6. The molecule has 2 amide bonds. The predicted octanol–water partition coefficient (Wildman–Crippen LogP) is 2.55. The van der Waals surface area contributed by atoms with Gasteiger partial charge in [0.25, 0.3) is 11.8 Å². The number of carbonyl (C=O) groups excluding carboxylic acids is 4. The third-order valence-electron chi connectivity index (χ3n) is 11.0. The van der Waals surface area contributed by atoms with Gasteiger partial charge in [-0.2, -0.15) is 0 Å². The molecule has 6 atom stereocenters. The minimum absolute atomic E-state index is 0.0433. The summed E-state index contributed by atoms with van der Waals surface area (Å²) in [6.45, 7) is 0.555. The molecule has 1 fully saturated rings. The first-order valence-electron chi connectivity index (χ1n) is 17.8. The van der Waals surface area contributed by atoms with Crippen LogP contribution < -0.4 is 20.1 Å². The molecule has 0 radical (unpaired) electrons. The number of likely N-dealkylation sites (N-methyl/N-ethyl adjacent to an activating group) is 1. The molecule has 2 heterocycles. The molecule has 13 nitrogen and oxygen atoms in total. The van der Waals surface area contributed by atoms with Crippen LogP contribution in [0, 0.1) is 0 Å². The van der Waals surface area contributed by atoms with E-state index in [-0.39, 0.29) is 44.2 Å². The van der Waals surface area contributed by atoms with Crippen molar-refractivity contribution in [3.05, 3.63) is 107 Å². The van der Waals surface area contributed by atoms with Crippen molar-refractivity contribution in [2.24, 2.45) is 0 Å². The van der Waals surface area contributed by atoms with Gasteiger partial charge in [-0.25, -0.2) is 0 Å². The molecule has 2 unspecified atom stereocenters. The maximum Gasteiger partial charge on any atom is 0.312 e. The summed E-state index contributed by atoms with van der Waals surface area (Å²) in [4.78, 5) is 54.4. The lowest BCUT2D eigenvalue weighted by molar-refractivity contribution is -0.206. The Morgan fingerprint density at radius 3 is 2.09 bits per heavy atom. The van der Waals surface area contributed by atoms with Gasteiger partial charge in [-0.3, -0.25) is 24.1 Å². The molecule has 1 spiro atoms. The summed E-state index contributed by atoms with van der Waals surface area (Å²) < 4.78 is 25.0. The number of aliphatic hydroxyl groups excluding tert-OH is 2. The highest BCUT2D eigenvalue weighted by atomic mass is 16.6. The molecule has 7 rings (SSSR count). The molecule has 2 aliphatic heterocycles. The van der Waals surface area contributed by atoms with E-state index in [0.29, 0.717) is 42.0 Å². The fourth-order valence-electron chi connectivity index (χ4n) is 8.54. The summed E-state index contributed by atoms with van der Waals surface area (Å²) in [5.41, 5.74) is 0.743. The third-order valence-corrected chi connectivity index (χ3v) is 11.0. The number of hydrogen-bond donors (Lipinski definition) is 4. The smallest absolute Gasteiger partial charge is 0.312 e. The van der Waals surface area contributed by atoms with Gasteiger partial charge in [0.1, 0.15) is 11.4 Å². The topological polar surface area (TPSA) is 173 Å². The summed E-state index contributed by atoms with van der Waals surface area (Å²) in [6, 6.07) is 20.6. The fraction of sp³-hybridized carbons (Fsp3) is 0.400. The Morgan fingerprint density at radius 1 is 0.887 bits per heavy atom. The Bertz CT molecular complexity index is 1920. The van der Waals surface area contributed by atoms with E-state index in [4.69, 9.17) is 18.9 Å². The molecule has 2 aliphatic carbocycles. The van der Waals surface area contributed by atoms with Gasteiger partial charge in [0.05, 0.1) is 31.4 Å². The zero-order valence-corrected chi connectivity index (χ0v) is 29.6. The maximum atomic E-state index is 13.8. The van der Waals surface area contributed by atoms with E-state index in [1.165, 1.54) is 0 Å². The highest BCUT2D eigenvalue weighted by molar-refractivity contribution is 5.83. The number of esters is 2. The standard InChI is InChI=1S/C40H43N3O10/c1-43-22-19-39-32-26-13-14-27(50-2)35(32)52-36(39)28(51-30(44)16-20-41-37(48)33(46)24-9-5-3-6-10-24)15-18-40(39,29(43)23-26)53-31(45)17-21-42-38(49)34(47)25-11-7-4-8-12-25/h3-15,29,33-34,36,46-47H,16-23H2,1-2H3,(H,41,48)(H,42,49)/t29-,33+,34+,36?,39?,40-/m1/s1. The first-order valence-corrected chi connectivity index (χ1v) is 17.8. The van der Waals surface area contributed by atoms with Crippen molar-refractivity contribution in [2.45, 2.75) is 67.5 Å². The molecule has 13 heteroatoms. The summed E-state index contributed by atoms with van der Waals surface area (Å²) >= 11 is 0. The number of piperidine rings is 1. The van der Waals surface area contributed by atoms with Gasteiger partial charge in [0.2, 0.25) is 0 Å². The number of nitrogens with zero attached hydrogens (tertiary/aromatic N) is 1. The number of aliphatic hydroxyl groups is 2. The number of ether oxygens (including phenoxy) is 4. The Balaban J connectivity index is 1.10. The Kier molecular flexibility index (Phi) is 9.99. The van der Waals surface area contributed by atoms with Crippen molar-refractivity contribution in [1.82, 2.24) is 15.5 Å². The van der Waals surface area contributed by atoms with E-state index in [9.17, 15) is 29.4 Å². The zero-order valence-electron chi connectivity index (χ0n) is 29.6. The van der Waals surface area contributed by atoms with Crippen LogP contribution in [0.5, 0.6) is 11.5 Å². The van der Waals surface area contributed by atoms with Crippen LogP contribution in [0.1, 0.15) is 60.1 Å². The van der Waals surface area contributed by atoms with Gasteiger partial charge in [0, 0.05) is 25.1 Å². The molecule has 0 aromatic heterocycles. The maximum absolute atomic E-state index is 13.8. The lowest BCUT2D eigenvalue weighted by Crippen LogP contribution is -2.75. The number of methoxy groups -OCH3 is 1. The van der Waals surface area contributed by atoms with E-state index in [1.54, 1.807) is 73.8 Å². The monoisotopic (exact) mass is 725 g/mol. The molecular weight excluding hydrogens is 682 g/mol. The predicted molar refractivity (Wildman–Crippen MR) is 189 cm³/mol. The lowest BCUT2D eigenvalue weighted by atomic mass is 9.50. The van der Waals surface area contributed by atoms with Crippen LogP contribution in [0.15, 0.2) is 84.6 Å². The van der Waals surface area contributed by atoms with Gasteiger partial charge in [-0.15, -0.1) is 0 Å². The van der Waals surface area contributed by atoms with Gasteiger partial charge >= 0.3 is 11.9 Å². The highest BCUT2D eigenvalue weighted by Crippen LogP contribution is 2.66. The van der Waals surface area contributed by atoms with Crippen LogP contribution in [-0.4, -0.2) is 90.4 Å². The second-order valence-electron chi connectivity index (χ2n) is 13.9. The SMILES string of the molecule is COc1ccc2c3c1OC1C(OC(=O)CCNC(=O)[C@@H](O)c4ccccc4)=CC[C@@]4(OC(=O)CCNC(=O)[C@@H](O)c5ccccc5)[C@@H](C2)N(C)CCC314. The fourth-order valence-corrected chi connectivity index (χ4v) is 8.54. The van der Waals surface area contributed by atoms with Gasteiger partial charge in [-0.1, -0.05) is 66.7 Å². The summed E-state index contributed by atoms with van der Waals surface area (Å²) in [6.07, 6.45) is -0.810. The average Bonchev–Trinajstić information content (AvgIpc) is 3.53.